The molecule has 1 heterocycles. The van der Waals surface area contributed by atoms with Crippen molar-refractivity contribution < 1.29 is 4.79 Å². The molecule has 0 saturated heterocycles. The number of anilines is 1. The zero-order valence-corrected chi connectivity index (χ0v) is 12.8. The van der Waals surface area contributed by atoms with Gasteiger partial charge in [0.2, 0.25) is 0 Å². The third kappa shape index (κ3) is 2.81. The second-order valence-electron chi connectivity index (χ2n) is 4.94. The first kappa shape index (κ1) is 13.8. The number of hydrogen-bond acceptors (Lipinski definition) is 3. The molecule has 3 rings (SSSR count). The Labute approximate surface area is 127 Å². The highest BCUT2D eigenvalue weighted by Crippen LogP contribution is 2.27. The van der Waals surface area contributed by atoms with E-state index in [1.54, 1.807) is 0 Å². The Bertz CT molecular complexity index is 807. The second-order valence-corrected chi connectivity index (χ2v) is 5.97. The van der Waals surface area contributed by atoms with E-state index in [0.717, 1.165) is 22.2 Å². The first-order chi connectivity index (χ1) is 10.2. The van der Waals surface area contributed by atoms with Gasteiger partial charge in [-0.2, -0.15) is 0 Å². The van der Waals surface area contributed by atoms with Crippen LogP contribution in [-0.2, 0) is 6.42 Å². The van der Waals surface area contributed by atoms with Gasteiger partial charge in [-0.25, -0.2) is 4.98 Å². The van der Waals surface area contributed by atoms with Gasteiger partial charge < -0.3 is 0 Å². The number of carbonyl (C=O) groups is 1. The van der Waals surface area contributed by atoms with Crippen LogP contribution in [0.5, 0.6) is 0 Å². The van der Waals surface area contributed by atoms with Crippen molar-refractivity contribution in [1.82, 2.24) is 4.98 Å². The monoisotopic (exact) mass is 296 g/mol. The van der Waals surface area contributed by atoms with Gasteiger partial charge in [0.15, 0.2) is 5.13 Å². The summed E-state index contributed by atoms with van der Waals surface area (Å²) in [6.07, 6.45) is 0.999. The van der Waals surface area contributed by atoms with Crippen molar-refractivity contribution in [3.63, 3.8) is 0 Å². The summed E-state index contributed by atoms with van der Waals surface area (Å²) >= 11 is 1.51. The standard InChI is InChI=1S/C17H16N2OS/c1-3-12-8-9-14-15(10-12)21-17(18-14)19-16(20)13-7-5-4-6-11(13)2/h4-10H,3H2,1-2H3,(H,18,19,20). The van der Waals surface area contributed by atoms with Crippen LogP contribution in [0.1, 0.15) is 28.4 Å². The molecule has 0 aliphatic carbocycles. The van der Waals surface area contributed by atoms with Crippen LogP contribution in [0.25, 0.3) is 10.2 Å². The number of hydrogen-bond donors (Lipinski definition) is 1. The lowest BCUT2D eigenvalue weighted by Crippen LogP contribution is -2.12. The van der Waals surface area contributed by atoms with Gasteiger partial charge in [0.25, 0.3) is 5.91 Å². The predicted molar refractivity (Wildman–Crippen MR) is 88.1 cm³/mol. The van der Waals surface area contributed by atoms with E-state index >= 15 is 0 Å². The Balaban J connectivity index is 1.88. The van der Waals surface area contributed by atoms with E-state index in [-0.39, 0.29) is 5.91 Å². The van der Waals surface area contributed by atoms with Crippen LogP contribution in [0.15, 0.2) is 42.5 Å². The highest BCUT2D eigenvalue weighted by molar-refractivity contribution is 7.22. The molecule has 0 atom stereocenters. The van der Waals surface area contributed by atoms with Crippen molar-refractivity contribution in [2.45, 2.75) is 20.3 Å². The van der Waals surface area contributed by atoms with E-state index in [9.17, 15) is 4.79 Å². The molecule has 3 aromatic rings. The molecule has 21 heavy (non-hydrogen) atoms. The van der Waals surface area contributed by atoms with Crippen molar-refractivity contribution in [2.75, 3.05) is 5.32 Å². The summed E-state index contributed by atoms with van der Waals surface area (Å²) in [5.74, 6) is -0.108. The molecule has 0 saturated carbocycles. The molecule has 0 unspecified atom stereocenters. The van der Waals surface area contributed by atoms with E-state index in [4.69, 9.17) is 0 Å². The Morgan fingerprint density at radius 1 is 1.24 bits per heavy atom. The molecule has 1 amide bonds. The molecular formula is C17H16N2OS. The van der Waals surface area contributed by atoms with Crippen LogP contribution < -0.4 is 5.32 Å². The number of nitrogens with zero attached hydrogens (tertiary/aromatic N) is 1. The van der Waals surface area contributed by atoms with Gasteiger partial charge in [-0.15, -0.1) is 0 Å². The Hall–Kier alpha value is -2.20. The lowest BCUT2D eigenvalue weighted by molar-refractivity contribution is 0.102. The number of rotatable bonds is 3. The van der Waals surface area contributed by atoms with Crippen LogP contribution in [0.2, 0.25) is 0 Å². The summed E-state index contributed by atoms with van der Waals surface area (Å²) in [4.78, 5) is 16.8. The molecule has 4 heteroatoms. The van der Waals surface area contributed by atoms with Gasteiger partial charge in [-0.05, 0) is 42.7 Å². The molecule has 3 nitrogen and oxygen atoms in total. The summed E-state index contributed by atoms with van der Waals surface area (Å²) in [6, 6.07) is 13.8. The molecule has 0 fully saturated rings. The van der Waals surface area contributed by atoms with Gasteiger partial charge in [0, 0.05) is 5.56 Å². The summed E-state index contributed by atoms with van der Waals surface area (Å²) in [5.41, 5.74) is 3.86. The van der Waals surface area contributed by atoms with Crippen molar-refractivity contribution in [3.8, 4) is 0 Å². The number of carbonyl (C=O) groups excluding carboxylic acids is 1. The molecule has 2 aromatic carbocycles. The average molecular weight is 296 g/mol. The fraction of sp³-hybridized carbons (Fsp3) is 0.176. The maximum Gasteiger partial charge on any atom is 0.257 e. The number of benzene rings is 2. The predicted octanol–water partition coefficient (Wildman–Crippen LogP) is 4.42. The number of aromatic nitrogens is 1. The maximum absolute atomic E-state index is 12.3. The lowest BCUT2D eigenvalue weighted by Gasteiger charge is -2.04. The van der Waals surface area contributed by atoms with Crippen molar-refractivity contribution in [3.05, 3.63) is 59.2 Å². The smallest absolute Gasteiger partial charge is 0.257 e. The number of aryl methyl sites for hydroxylation is 2. The zero-order chi connectivity index (χ0) is 14.8. The Morgan fingerprint density at radius 2 is 2.05 bits per heavy atom. The first-order valence-corrected chi connectivity index (χ1v) is 7.75. The van der Waals surface area contributed by atoms with Crippen molar-refractivity contribution in [2.24, 2.45) is 0 Å². The van der Waals surface area contributed by atoms with Crippen LogP contribution >= 0.6 is 11.3 Å². The van der Waals surface area contributed by atoms with Gasteiger partial charge in [0.05, 0.1) is 10.2 Å². The highest BCUT2D eigenvalue weighted by atomic mass is 32.1. The molecule has 0 radical (unpaired) electrons. The van der Waals surface area contributed by atoms with Crippen LogP contribution in [0, 0.1) is 6.92 Å². The van der Waals surface area contributed by atoms with Crippen molar-refractivity contribution >= 4 is 32.6 Å². The third-order valence-electron chi connectivity index (χ3n) is 3.47. The molecule has 0 aliphatic heterocycles. The molecule has 1 N–H and O–H groups in total. The van der Waals surface area contributed by atoms with Gasteiger partial charge in [-0.1, -0.05) is 42.5 Å². The second kappa shape index (κ2) is 5.66. The minimum Gasteiger partial charge on any atom is -0.298 e. The normalized spacial score (nSPS) is 10.8. The molecule has 0 aliphatic rings. The van der Waals surface area contributed by atoms with Crippen molar-refractivity contribution in [1.29, 1.82) is 0 Å². The maximum atomic E-state index is 12.3. The fourth-order valence-electron chi connectivity index (χ4n) is 2.23. The van der Waals surface area contributed by atoms with Crippen LogP contribution in [0.3, 0.4) is 0 Å². The van der Waals surface area contributed by atoms with E-state index in [1.807, 2.05) is 37.3 Å². The number of fused-ring (bicyclic) bond motifs is 1. The molecule has 0 bridgehead atoms. The molecular weight excluding hydrogens is 280 g/mol. The third-order valence-corrected chi connectivity index (χ3v) is 4.40. The van der Waals surface area contributed by atoms with Crippen LogP contribution in [0.4, 0.5) is 5.13 Å². The van der Waals surface area contributed by atoms with Crippen LogP contribution in [-0.4, -0.2) is 10.9 Å². The Kier molecular flexibility index (Phi) is 3.71. The number of nitrogens with one attached hydrogen (secondary N) is 1. The topological polar surface area (TPSA) is 42.0 Å². The minimum absolute atomic E-state index is 0.108. The van der Waals surface area contributed by atoms with E-state index in [2.05, 4.69) is 29.4 Å². The minimum atomic E-state index is -0.108. The van der Waals surface area contributed by atoms with Gasteiger partial charge in [0.1, 0.15) is 0 Å². The summed E-state index contributed by atoms with van der Waals surface area (Å²) in [7, 11) is 0. The Morgan fingerprint density at radius 3 is 2.81 bits per heavy atom. The van der Waals surface area contributed by atoms with E-state index in [1.165, 1.54) is 16.9 Å². The number of thiazole rings is 1. The molecule has 106 valence electrons. The molecule has 1 aromatic heterocycles. The van der Waals surface area contributed by atoms with Gasteiger partial charge >= 0.3 is 0 Å². The van der Waals surface area contributed by atoms with E-state index in [0.29, 0.717) is 10.7 Å². The lowest BCUT2D eigenvalue weighted by atomic mass is 10.1. The van der Waals surface area contributed by atoms with E-state index < -0.39 is 0 Å². The first-order valence-electron chi connectivity index (χ1n) is 6.94. The summed E-state index contributed by atoms with van der Waals surface area (Å²) in [6.45, 7) is 4.06. The summed E-state index contributed by atoms with van der Waals surface area (Å²) in [5, 5.41) is 3.54. The quantitative estimate of drug-likeness (QED) is 0.777. The average Bonchev–Trinajstić information content (AvgIpc) is 2.88. The summed E-state index contributed by atoms with van der Waals surface area (Å²) < 4.78 is 1.11. The highest BCUT2D eigenvalue weighted by Gasteiger charge is 2.11. The zero-order valence-electron chi connectivity index (χ0n) is 12.0. The largest absolute Gasteiger partial charge is 0.298 e. The fourth-order valence-corrected chi connectivity index (χ4v) is 3.16. The molecule has 0 spiro atoms. The van der Waals surface area contributed by atoms with Gasteiger partial charge in [-0.3, -0.25) is 10.1 Å². The number of amides is 1. The SMILES string of the molecule is CCc1ccc2nc(NC(=O)c3ccccc3C)sc2c1.